The van der Waals surface area contributed by atoms with E-state index in [-0.39, 0.29) is 68.5 Å². The number of methoxy groups -OCH3 is 1. The third kappa shape index (κ3) is 6.46. The number of fused-ring (bicyclic) bond motifs is 2. The van der Waals surface area contributed by atoms with Crippen LogP contribution in [0.25, 0.3) is 16.2 Å². The van der Waals surface area contributed by atoms with E-state index in [9.17, 15) is 4.79 Å². The molecule has 1 heterocycles. The fourth-order valence-corrected chi connectivity index (χ4v) is 3.35. The molecule has 1 aliphatic heterocycles. The van der Waals surface area contributed by atoms with Crippen molar-refractivity contribution in [2.45, 2.75) is 37.7 Å². The van der Waals surface area contributed by atoms with Crippen LogP contribution in [0.5, 0.6) is 0 Å². The monoisotopic (exact) mass is 614 g/mol. The number of benzene rings is 1. The minimum atomic E-state index is -0.704. The Hall–Kier alpha value is -1.11. The average Bonchev–Trinajstić information content (AvgIpc) is 3.18. The van der Waals surface area contributed by atoms with E-state index >= 15 is 0 Å². The Kier molecular flexibility index (Phi) is 11.1. The van der Waals surface area contributed by atoms with Crippen LogP contribution >= 0.6 is 0 Å². The molecule has 9 nitrogen and oxygen atoms in total. The van der Waals surface area contributed by atoms with Gasteiger partial charge >= 0.3 is 5.97 Å². The second-order valence-electron chi connectivity index (χ2n) is 6.29. The molecule has 152 valence electrons. The zero-order valence-corrected chi connectivity index (χ0v) is 20.1. The Morgan fingerprint density at radius 1 is 1.46 bits per heavy atom. The predicted octanol–water partition coefficient (Wildman–Crippen LogP) is 3.41. The van der Waals surface area contributed by atoms with Gasteiger partial charge in [-0.15, -0.1) is 5.92 Å². The van der Waals surface area contributed by atoms with Gasteiger partial charge in [-0.1, -0.05) is 35.4 Å². The first-order valence-electron chi connectivity index (χ1n) is 8.54. The molecule has 28 heavy (non-hydrogen) atoms. The summed E-state index contributed by atoms with van der Waals surface area (Å²) in [6.07, 6.45) is 0.265. The molecule has 0 spiro atoms. The summed E-state index contributed by atoms with van der Waals surface area (Å²) in [7, 11) is 1.57. The van der Waals surface area contributed by atoms with Gasteiger partial charge in [-0.3, -0.25) is 4.79 Å². The maximum atomic E-state index is 10.9. The number of hydrogen-bond acceptors (Lipinski definition) is 6. The van der Waals surface area contributed by atoms with E-state index in [1.165, 1.54) is 6.92 Å². The van der Waals surface area contributed by atoms with Crippen LogP contribution in [0, 0.1) is 43.6 Å². The van der Waals surface area contributed by atoms with Crippen LogP contribution in [-0.2, 0) is 30.3 Å². The molecular formula is C18H24N4O5U-2. The number of rotatable bonds is 7. The third-order valence-corrected chi connectivity index (χ3v) is 4.51. The molecule has 2 bridgehead atoms. The first-order valence-corrected chi connectivity index (χ1v) is 8.54. The van der Waals surface area contributed by atoms with Crippen LogP contribution in [-0.4, -0.2) is 44.2 Å². The van der Waals surface area contributed by atoms with Crippen molar-refractivity contribution in [2.24, 2.45) is 11.0 Å². The third-order valence-electron chi connectivity index (χ3n) is 4.51. The number of ether oxygens (including phenoxy) is 4. The SMILES string of the molecule is CO[C@H]1[C@H]2[CH-]O[C@@]1(COC(C)=O)C[C@H]2N=[N+]=[N-].[NH-]COCc1ccccc1.[U]. The van der Waals surface area contributed by atoms with Crippen molar-refractivity contribution in [3.63, 3.8) is 0 Å². The van der Waals surface area contributed by atoms with E-state index in [0.29, 0.717) is 13.0 Å². The second kappa shape index (κ2) is 12.5. The average molecular weight is 614 g/mol. The summed E-state index contributed by atoms with van der Waals surface area (Å²) in [5.41, 5.74) is 15.6. The summed E-state index contributed by atoms with van der Waals surface area (Å²) in [6, 6.07) is 9.65. The second-order valence-corrected chi connectivity index (χ2v) is 6.29. The number of nitrogens with one attached hydrogen (secondary N) is 1. The molecule has 1 aromatic carbocycles. The van der Waals surface area contributed by atoms with Crippen LogP contribution < -0.4 is 0 Å². The number of nitrogens with zero attached hydrogens (tertiary/aromatic N) is 3. The minimum Gasteiger partial charge on any atom is -0.655 e. The van der Waals surface area contributed by atoms with E-state index < -0.39 is 5.60 Å². The molecular weight excluding hydrogens is 590 g/mol. The molecule has 2 aliphatic rings. The Balaban J connectivity index is 0.000000307. The van der Waals surface area contributed by atoms with Crippen LogP contribution in [0.4, 0.5) is 0 Å². The molecule has 2 fully saturated rings. The summed E-state index contributed by atoms with van der Waals surface area (Å²) >= 11 is 0. The predicted molar refractivity (Wildman–Crippen MR) is 97.0 cm³/mol. The van der Waals surface area contributed by atoms with Gasteiger partial charge in [0, 0.05) is 56.1 Å². The fraction of sp³-hybridized carbons (Fsp3) is 0.556. The van der Waals surface area contributed by atoms with Crippen molar-refractivity contribution in [1.82, 2.24) is 0 Å². The summed E-state index contributed by atoms with van der Waals surface area (Å²) in [6.45, 7) is 3.67. The van der Waals surface area contributed by atoms with Gasteiger partial charge in [-0.05, 0) is 24.2 Å². The van der Waals surface area contributed by atoms with E-state index in [1.807, 2.05) is 30.3 Å². The molecule has 1 saturated heterocycles. The molecule has 1 saturated carbocycles. The molecule has 1 aliphatic carbocycles. The number of azide groups is 1. The summed E-state index contributed by atoms with van der Waals surface area (Å²) in [5, 5.41) is 3.73. The van der Waals surface area contributed by atoms with Gasteiger partial charge < -0.3 is 24.7 Å². The van der Waals surface area contributed by atoms with Gasteiger partial charge in [-0.25, -0.2) is 6.61 Å². The molecule has 1 N–H and O–H groups in total. The number of esters is 1. The van der Waals surface area contributed by atoms with Crippen molar-refractivity contribution >= 4 is 5.97 Å². The van der Waals surface area contributed by atoms with E-state index in [2.05, 4.69) is 10.0 Å². The topological polar surface area (TPSA) is 127 Å². The zero-order chi connectivity index (χ0) is 19.7. The molecule has 1 aromatic rings. The smallest absolute Gasteiger partial charge is 0.302 e. The van der Waals surface area contributed by atoms with Crippen molar-refractivity contribution in [3.05, 3.63) is 58.7 Å². The van der Waals surface area contributed by atoms with Gasteiger partial charge in [0.25, 0.3) is 0 Å². The minimum absolute atomic E-state index is 0. The van der Waals surface area contributed by atoms with Crippen molar-refractivity contribution in [1.29, 1.82) is 0 Å². The van der Waals surface area contributed by atoms with Crippen molar-refractivity contribution < 1.29 is 54.9 Å². The zero-order valence-electron chi connectivity index (χ0n) is 15.9. The molecule has 0 amide bonds. The van der Waals surface area contributed by atoms with Gasteiger partial charge in [-0.2, -0.15) is 0 Å². The van der Waals surface area contributed by atoms with Crippen molar-refractivity contribution in [2.75, 3.05) is 20.4 Å². The maximum Gasteiger partial charge on any atom is 0.302 e. The van der Waals surface area contributed by atoms with E-state index in [0.717, 1.165) is 5.56 Å². The Morgan fingerprint density at radius 3 is 2.75 bits per heavy atom. The van der Waals surface area contributed by atoms with Gasteiger partial charge in [0.1, 0.15) is 6.61 Å². The normalized spacial score (nSPS) is 27.0. The van der Waals surface area contributed by atoms with Gasteiger partial charge in [0.2, 0.25) is 0 Å². The first kappa shape index (κ1) is 24.9. The van der Waals surface area contributed by atoms with E-state index in [1.54, 1.807) is 13.7 Å². The van der Waals surface area contributed by atoms with Gasteiger partial charge in [0.05, 0.1) is 18.3 Å². The van der Waals surface area contributed by atoms with Crippen LogP contribution in [0.1, 0.15) is 18.9 Å². The van der Waals surface area contributed by atoms with Crippen LogP contribution in [0.2, 0.25) is 0 Å². The number of hydrogen-bond donors (Lipinski definition) is 0. The summed E-state index contributed by atoms with van der Waals surface area (Å²) in [5.74, 6) is -0.444. The Labute approximate surface area is 188 Å². The van der Waals surface area contributed by atoms with Crippen LogP contribution in [0.15, 0.2) is 35.4 Å². The number of carbonyl (C=O) groups excluding carboxylic acids is 1. The standard InChI is InChI=1S/C10H14N3O4.C8H10NO.U/c1-6(14)16-5-10-3-8(12-13-11)7(4-17-10)9(10)15-2;9-7-10-6-8-4-2-1-3-5-8;/h4,7-9H,3,5H2,1-2H3;1-5,9H,6-7H2;/q2*-1;/t7-,8+,9-,10+;;/m0../s1. The van der Waals surface area contributed by atoms with Crippen LogP contribution in [0.3, 0.4) is 0 Å². The fourth-order valence-electron chi connectivity index (χ4n) is 3.35. The number of carbonyl (C=O) groups is 1. The Bertz CT molecular complexity index is 659. The Morgan fingerprint density at radius 2 is 2.18 bits per heavy atom. The molecule has 3 rings (SSSR count). The molecule has 10 heteroatoms. The van der Waals surface area contributed by atoms with Crippen molar-refractivity contribution in [3.8, 4) is 0 Å². The molecule has 0 aromatic heterocycles. The first-order chi connectivity index (χ1) is 13.1. The maximum absolute atomic E-state index is 10.9. The summed E-state index contributed by atoms with van der Waals surface area (Å²) in [4.78, 5) is 13.7. The molecule has 0 radical (unpaired) electrons. The quantitative estimate of drug-likeness (QED) is 0.153. The molecule has 4 atom stereocenters. The van der Waals surface area contributed by atoms with Gasteiger partial charge in [0.15, 0.2) is 0 Å². The van der Waals surface area contributed by atoms with E-state index in [4.69, 9.17) is 30.2 Å². The summed E-state index contributed by atoms with van der Waals surface area (Å²) < 4.78 is 20.8. The largest absolute Gasteiger partial charge is 0.655 e. The molecule has 0 unspecified atom stereocenters.